The van der Waals surface area contributed by atoms with E-state index in [9.17, 15) is 9.59 Å². The molecule has 3 aromatic carbocycles. The van der Waals surface area contributed by atoms with Crippen LogP contribution in [0, 0.1) is 0 Å². The van der Waals surface area contributed by atoms with Crippen LogP contribution in [0.15, 0.2) is 72.8 Å². The lowest BCUT2D eigenvalue weighted by Crippen LogP contribution is -2.18. The van der Waals surface area contributed by atoms with Crippen LogP contribution in [-0.2, 0) is 0 Å². The molecule has 0 atom stereocenters. The molecular formula is C23H22N2O4. The SMILES string of the molecule is CCOc1ccc(C(=O)Nc2ccccc2C(=O)Nc2cccc(OC)c2)cc1. The predicted molar refractivity (Wildman–Crippen MR) is 113 cm³/mol. The maximum atomic E-state index is 12.7. The molecule has 2 N–H and O–H groups in total. The maximum absolute atomic E-state index is 12.7. The van der Waals surface area contributed by atoms with Gasteiger partial charge in [0.2, 0.25) is 0 Å². The molecular weight excluding hydrogens is 368 g/mol. The lowest BCUT2D eigenvalue weighted by atomic mass is 10.1. The molecule has 0 aliphatic carbocycles. The molecule has 3 aromatic rings. The highest BCUT2D eigenvalue weighted by Crippen LogP contribution is 2.21. The molecule has 0 heterocycles. The van der Waals surface area contributed by atoms with Crippen LogP contribution in [0.2, 0.25) is 0 Å². The highest BCUT2D eigenvalue weighted by Gasteiger charge is 2.14. The minimum atomic E-state index is -0.333. The zero-order chi connectivity index (χ0) is 20.6. The minimum Gasteiger partial charge on any atom is -0.497 e. The second-order valence-electron chi connectivity index (χ2n) is 6.14. The van der Waals surface area contributed by atoms with Gasteiger partial charge >= 0.3 is 0 Å². The molecule has 0 bridgehead atoms. The molecule has 2 amide bonds. The minimum absolute atomic E-state index is 0.310. The number of para-hydroxylation sites is 1. The Hall–Kier alpha value is -3.80. The van der Waals surface area contributed by atoms with Gasteiger partial charge in [0.1, 0.15) is 11.5 Å². The number of anilines is 2. The van der Waals surface area contributed by atoms with E-state index in [1.165, 1.54) is 0 Å². The first-order chi connectivity index (χ1) is 14.1. The van der Waals surface area contributed by atoms with Crippen LogP contribution in [0.1, 0.15) is 27.6 Å². The zero-order valence-electron chi connectivity index (χ0n) is 16.3. The molecule has 0 aliphatic rings. The number of ether oxygens (including phenoxy) is 2. The van der Waals surface area contributed by atoms with Gasteiger partial charge in [0.15, 0.2) is 0 Å². The summed E-state index contributed by atoms with van der Waals surface area (Å²) in [6.45, 7) is 2.45. The molecule has 0 aromatic heterocycles. The van der Waals surface area contributed by atoms with Gasteiger partial charge in [-0.2, -0.15) is 0 Å². The molecule has 148 valence electrons. The monoisotopic (exact) mass is 390 g/mol. The summed E-state index contributed by atoms with van der Waals surface area (Å²) in [6.07, 6.45) is 0. The lowest BCUT2D eigenvalue weighted by Gasteiger charge is -2.12. The quantitative estimate of drug-likeness (QED) is 0.618. The maximum Gasteiger partial charge on any atom is 0.257 e. The smallest absolute Gasteiger partial charge is 0.257 e. The first-order valence-corrected chi connectivity index (χ1v) is 9.19. The predicted octanol–water partition coefficient (Wildman–Crippen LogP) is 4.60. The van der Waals surface area contributed by atoms with Crippen molar-refractivity contribution in [2.45, 2.75) is 6.92 Å². The van der Waals surface area contributed by atoms with Gasteiger partial charge in [-0.1, -0.05) is 18.2 Å². The topological polar surface area (TPSA) is 76.7 Å². The van der Waals surface area contributed by atoms with Crippen LogP contribution in [0.5, 0.6) is 11.5 Å². The van der Waals surface area contributed by atoms with Crippen molar-refractivity contribution in [3.8, 4) is 11.5 Å². The van der Waals surface area contributed by atoms with E-state index in [1.807, 2.05) is 6.92 Å². The van der Waals surface area contributed by atoms with Crippen LogP contribution in [0.3, 0.4) is 0 Å². The molecule has 0 saturated carbocycles. The van der Waals surface area contributed by atoms with E-state index in [0.717, 1.165) is 0 Å². The summed E-state index contributed by atoms with van der Waals surface area (Å²) in [5, 5.41) is 5.62. The third-order valence-electron chi connectivity index (χ3n) is 4.18. The Balaban J connectivity index is 1.75. The average Bonchev–Trinajstić information content (AvgIpc) is 2.75. The highest BCUT2D eigenvalue weighted by atomic mass is 16.5. The van der Waals surface area contributed by atoms with Crippen molar-refractivity contribution in [3.63, 3.8) is 0 Å². The normalized spacial score (nSPS) is 10.1. The summed E-state index contributed by atoms with van der Waals surface area (Å²) >= 11 is 0. The van der Waals surface area contributed by atoms with Crippen molar-refractivity contribution in [2.24, 2.45) is 0 Å². The van der Waals surface area contributed by atoms with Crippen LogP contribution < -0.4 is 20.1 Å². The summed E-state index contributed by atoms with van der Waals surface area (Å²) in [5.41, 5.74) is 1.85. The standard InChI is InChI=1S/C23H22N2O4/c1-3-29-18-13-11-16(12-14-18)22(26)25-21-10-5-4-9-20(21)23(27)24-17-7-6-8-19(15-17)28-2/h4-15H,3H2,1-2H3,(H,24,27)(H,25,26). The molecule has 0 aliphatic heterocycles. The first-order valence-electron chi connectivity index (χ1n) is 9.19. The molecule has 29 heavy (non-hydrogen) atoms. The van der Waals surface area contributed by atoms with Gasteiger partial charge in [0.05, 0.1) is 25.0 Å². The Morgan fingerprint density at radius 3 is 2.31 bits per heavy atom. The van der Waals surface area contributed by atoms with Gasteiger partial charge in [0, 0.05) is 17.3 Å². The fourth-order valence-electron chi connectivity index (χ4n) is 2.75. The van der Waals surface area contributed by atoms with Crippen LogP contribution >= 0.6 is 0 Å². The van der Waals surface area contributed by atoms with Crippen LogP contribution in [0.4, 0.5) is 11.4 Å². The Bertz CT molecular complexity index is 1000. The summed E-state index contributed by atoms with van der Waals surface area (Å²) < 4.78 is 10.6. The number of nitrogens with one attached hydrogen (secondary N) is 2. The number of hydrogen-bond acceptors (Lipinski definition) is 4. The van der Waals surface area contributed by atoms with Gasteiger partial charge < -0.3 is 20.1 Å². The van der Waals surface area contributed by atoms with Crippen molar-refractivity contribution in [1.29, 1.82) is 0 Å². The summed E-state index contributed by atoms with van der Waals surface area (Å²) in [6, 6.07) is 20.7. The molecule has 0 unspecified atom stereocenters. The molecule has 3 rings (SSSR count). The lowest BCUT2D eigenvalue weighted by molar-refractivity contribution is 0.102. The third kappa shape index (κ3) is 5.13. The molecule has 0 fully saturated rings. The van der Waals surface area contributed by atoms with Crippen molar-refractivity contribution >= 4 is 23.2 Å². The van der Waals surface area contributed by atoms with E-state index < -0.39 is 0 Å². The number of carbonyl (C=O) groups is 2. The van der Waals surface area contributed by atoms with E-state index in [4.69, 9.17) is 9.47 Å². The highest BCUT2D eigenvalue weighted by molar-refractivity contribution is 6.12. The largest absolute Gasteiger partial charge is 0.497 e. The summed E-state index contributed by atoms with van der Waals surface area (Å²) in [5.74, 6) is 0.692. The Morgan fingerprint density at radius 1 is 0.828 bits per heavy atom. The number of amides is 2. The number of methoxy groups -OCH3 is 1. The van der Waals surface area contributed by atoms with E-state index in [2.05, 4.69) is 10.6 Å². The van der Waals surface area contributed by atoms with Gasteiger partial charge in [0.25, 0.3) is 11.8 Å². The first kappa shape index (κ1) is 19.9. The van der Waals surface area contributed by atoms with Gasteiger partial charge in [-0.25, -0.2) is 0 Å². The zero-order valence-corrected chi connectivity index (χ0v) is 16.3. The van der Waals surface area contributed by atoms with E-state index in [0.29, 0.717) is 40.6 Å². The third-order valence-corrected chi connectivity index (χ3v) is 4.18. The molecule has 0 radical (unpaired) electrons. The van der Waals surface area contributed by atoms with Crippen LogP contribution in [0.25, 0.3) is 0 Å². The molecule has 0 spiro atoms. The number of rotatable bonds is 7. The number of benzene rings is 3. The fourth-order valence-corrected chi connectivity index (χ4v) is 2.75. The molecule has 0 saturated heterocycles. The average molecular weight is 390 g/mol. The van der Waals surface area contributed by atoms with E-state index in [1.54, 1.807) is 79.9 Å². The summed E-state index contributed by atoms with van der Waals surface area (Å²) in [4.78, 5) is 25.3. The van der Waals surface area contributed by atoms with Crippen molar-refractivity contribution in [3.05, 3.63) is 83.9 Å². The van der Waals surface area contributed by atoms with Crippen molar-refractivity contribution in [1.82, 2.24) is 0 Å². The van der Waals surface area contributed by atoms with E-state index >= 15 is 0 Å². The second-order valence-corrected chi connectivity index (χ2v) is 6.14. The number of hydrogen-bond donors (Lipinski definition) is 2. The Kier molecular flexibility index (Phi) is 6.47. The van der Waals surface area contributed by atoms with Crippen molar-refractivity contribution in [2.75, 3.05) is 24.4 Å². The summed E-state index contributed by atoms with van der Waals surface area (Å²) in [7, 11) is 1.56. The van der Waals surface area contributed by atoms with Gasteiger partial charge in [-0.3, -0.25) is 9.59 Å². The van der Waals surface area contributed by atoms with Gasteiger partial charge in [-0.15, -0.1) is 0 Å². The van der Waals surface area contributed by atoms with Gasteiger partial charge in [-0.05, 0) is 55.5 Å². The van der Waals surface area contributed by atoms with E-state index in [-0.39, 0.29) is 11.8 Å². The molecule has 6 nitrogen and oxygen atoms in total. The molecule has 6 heteroatoms. The Morgan fingerprint density at radius 2 is 1.59 bits per heavy atom. The second kappa shape index (κ2) is 9.41. The Labute approximate surface area is 169 Å². The fraction of sp³-hybridized carbons (Fsp3) is 0.130. The van der Waals surface area contributed by atoms with Crippen molar-refractivity contribution < 1.29 is 19.1 Å². The number of carbonyl (C=O) groups excluding carboxylic acids is 2. The van der Waals surface area contributed by atoms with Crippen LogP contribution in [-0.4, -0.2) is 25.5 Å².